The maximum absolute atomic E-state index is 9.14. The van der Waals surface area contributed by atoms with Gasteiger partial charge in [-0.15, -0.1) is 0 Å². The van der Waals surface area contributed by atoms with Crippen LogP contribution in [0, 0.1) is 11.3 Å². The summed E-state index contributed by atoms with van der Waals surface area (Å²) in [5.41, 5.74) is -0.423. The van der Waals surface area contributed by atoms with Crippen molar-refractivity contribution < 1.29 is 14.9 Å². The molecule has 0 bridgehead atoms. The van der Waals surface area contributed by atoms with Crippen LogP contribution in [0.1, 0.15) is 20.3 Å². The molecule has 4 heteroatoms. The van der Waals surface area contributed by atoms with Gasteiger partial charge in [0.05, 0.1) is 19.8 Å². The first kappa shape index (κ1) is 12.9. The number of rotatable bonds is 6. The van der Waals surface area contributed by atoms with Crippen molar-refractivity contribution in [2.75, 3.05) is 33.0 Å². The van der Waals surface area contributed by atoms with E-state index < -0.39 is 5.41 Å². The van der Waals surface area contributed by atoms with Crippen LogP contribution in [0.5, 0.6) is 0 Å². The minimum atomic E-state index is -0.423. The maximum Gasteiger partial charge on any atom is 0.0518 e. The van der Waals surface area contributed by atoms with Crippen molar-refractivity contribution in [1.29, 1.82) is 0 Å². The zero-order valence-electron chi connectivity index (χ0n) is 9.70. The Morgan fingerprint density at radius 3 is 2.60 bits per heavy atom. The molecule has 2 atom stereocenters. The molecule has 0 saturated carbocycles. The largest absolute Gasteiger partial charge is 0.396 e. The van der Waals surface area contributed by atoms with Crippen molar-refractivity contribution in [3.63, 3.8) is 0 Å². The van der Waals surface area contributed by atoms with Gasteiger partial charge in [-0.2, -0.15) is 0 Å². The monoisotopic (exact) mass is 217 g/mol. The van der Waals surface area contributed by atoms with Crippen LogP contribution >= 0.6 is 0 Å². The van der Waals surface area contributed by atoms with Gasteiger partial charge < -0.3 is 20.3 Å². The zero-order valence-corrected chi connectivity index (χ0v) is 9.70. The summed E-state index contributed by atoms with van der Waals surface area (Å²) in [6.45, 7) is 6.33. The molecule has 2 unspecified atom stereocenters. The molecular formula is C11H23NO3. The number of hydrogen-bond donors (Lipinski definition) is 3. The van der Waals surface area contributed by atoms with Gasteiger partial charge in [-0.05, 0) is 19.3 Å². The molecule has 0 amide bonds. The lowest BCUT2D eigenvalue weighted by molar-refractivity contribution is 0.0653. The summed E-state index contributed by atoms with van der Waals surface area (Å²) in [7, 11) is 0. The van der Waals surface area contributed by atoms with Gasteiger partial charge in [-0.3, -0.25) is 0 Å². The molecule has 1 fully saturated rings. The molecule has 0 aromatic carbocycles. The normalized spacial score (nSPS) is 24.4. The van der Waals surface area contributed by atoms with Crippen LogP contribution in [0.4, 0.5) is 0 Å². The lowest BCUT2D eigenvalue weighted by Crippen LogP contribution is -2.44. The third-order valence-corrected chi connectivity index (χ3v) is 3.29. The molecule has 90 valence electrons. The summed E-state index contributed by atoms with van der Waals surface area (Å²) in [6, 6.07) is 0.380. The SMILES string of the molecule is CC(NCC(C)(CO)CO)C1CCOC1. The third-order valence-electron chi connectivity index (χ3n) is 3.29. The fraction of sp³-hybridized carbons (Fsp3) is 1.00. The summed E-state index contributed by atoms with van der Waals surface area (Å²) in [6.07, 6.45) is 1.10. The predicted molar refractivity (Wildman–Crippen MR) is 58.7 cm³/mol. The number of nitrogens with one attached hydrogen (secondary N) is 1. The first-order valence-corrected chi connectivity index (χ1v) is 5.64. The van der Waals surface area contributed by atoms with Gasteiger partial charge in [0.2, 0.25) is 0 Å². The van der Waals surface area contributed by atoms with Crippen LogP contribution in [-0.2, 0) is 4.74 Å². The number of hydrogen-bond acceptors (Lipinski definition) is 4. The number of aliphatic hydroxyl groups is 2. The molecule has 0 aromatic heterocycles. The Labute approximate surface area is 91.6 Å². The van der Waals surface area contributed by atoms with Crippen LogP contribution in [0.15, 0.2) is 0 Å². The Bertz CT molecular complexity index is 177. The van der Waals surface area contributed by atoms with Crippen LogP contribution in [0.25, 0.3) is 0 Å². The topological polar surface area (TPSA) is 61.7 Å². The minimum absolute atomic E-state index is 0.00435. The number of ether oxygens (including phenoxy) is 1. The molecule has 0 radical (unpaired) electrons. The molecule has 1 aliphatic heterocycles. The van der Waals surface area contributed by atoms with Crippen LogP contribution in [0.3, 0.4) is 0 Å². The van der Waals surface area contributed by atoms with Gasteiger partial charge in [0, 0.05) is 24.6 Å². The van der Waals surface area contributed by atoms with Gasteiger partial charge in [0.25, 0.3) is 0 Å². The van der Waals surface area contributed by atoms with Crippen molar-refractivity contribution in [3.8, 4) is 0 Å². The van der Waals surface area contributed by atoms with Crippen molar-refractivity contribution in [1.82, 2.24) is 5.32 Å². The second-order valence-electron chi connectivity index (χ2n) is 4.92. The fourth-order valence-electron chi connectivity index (χ4n) is 1.68. The first-order chi connectivity index (χ1) is 7.11. The van der Waals surface area contributed by atoms with E-state index in [1.807, 2.05) is 6.92 Å². The molecule has 0 aliphatic carbocycles. The van der Waals surface area contributed by atoms with E-state index in [4.69, 9.17) is 14.9 Å². The Hall–Kier alpha value is -0.160. The van der Waals surface area contributed by atoms with E-state index in [2.05, 4.69) is 12.2 Å². The zero-order chi connectivity index (χ0) is 11.3. The lowest BCUT2D eigenvalue weighted by Gasteiger charge is -2.28. The van der Waals surface area contributed by atoms with Crippen molar-refractivity contribution in [3.05, 3.63) is 0 Å². The summed E-state index contributed by atoms with van der Waals surface area (Å²) in [5.74, 6) is 0.562. The van der Waals surface area contributed by atoms with Crippen molar-refractivity contribution >= 4 is 0 Å². The molecule has 1 rings (SSSR count). The van der Waals surface area contributed by atoms with Crippen LogP contribution in [0.2, 0.25) is 0 Å². The van der Waals surface area contributed by atoms with Gasteiger partial charge in [-0.25, -0.2) is 0 Å². The van der Waals surface area contributed by atoms with Crippen LogP contribution < -0.4 is 5.32 Å². The van der Waals surface area contributed by atoms with Gasteiger partial charge in [0.1, 0.15) is 0 Å². The molecule has 3 N–H and O–H groups in total. The molecule has 1 aliphatic rings. The minimum Gasteiger partial charge on any atom is -0.396 e. The standard InChI is InChI=1S/C11H23NO3/c1-9(10-3-4-15-5-10)12-6-11(2,7-13)8-14/h9-10,12-14H,3-8H2,1-2H3. The van der Waals surface area contributed by atoms with Gasteiger partial charge >= 0.3 is 0 Å². The van der Waals surface area contributed by atoms with Crippen LogP contribution in [-0.4, -0.2) is 49.2 Å². The lowest BCUT2D eigenvalue weighted by atomic mass is 9.91. The van der Waals surface area contributed by atoms with E-state index in [0.29, 0.717) is 18.5 Å². The van der Waals surface area contributed by atoms with E-state index in [0.717, 1.165) is 19.6 Å². The highest BCUT2D eigenvalue weighted by Crippen LogP contribution is 2.18. The number of aliphatic hydroxyl groups excluding tert-OH is 2. The van der Waals surface area contributed by atoms with E-state index in [9.17, 15) is 0 Å². The summed E-state index contributed by atoms with van der Waals surface area (Å²) in [4.78, 5) is 0. The molecular weight excluding hydrogens is 194 g/mol. The summed E-state index contributed by atoms with van der Waals surface area (Å²) in [5, 5.41) is 21.6. The van der Waals surface area contributed by atoms with Crippen molar-refractivity contribution in [2.24, 2.45) is 11.3 Å². The van der Waals surface area contributed by atoms with Crippen molar-refractivity contribution in [2.45, 2.75) is 26.3 Å². The molecule has 0 aromatic rings. The van der Waals surface area contributed by atoms with E-state index in [-0.39, 0.29) is 13.2 Å². The molecule has 1 saturated heterocycles. The molecule has 4 nitrogen and oxygen atoms in total. The van der Waals surface area contributed by atoms with Gasteiger partial charge in [0.15, 0.2) is 0 Å². The van der Waals surface area contributed by atoms with E-state index in [1.54, 1.807) is 0 Å². The highest BCUT2D eigenvalue weighted by Gasteiger charge is 2.26. The highest BCUT2D eigenvalue weighted by molar-refractivity contribution is 4.81. The summed E-state index contributed by atoms with van der Waals surface area (Å²) >= 11 is 0. The van der Waals surface area contributed by atoms with E-state index >= 15 is 0 Å². The smallest absolute Gasteiger partial charge is 0.0518 e. The highest BCUT2D eigenvalue weighted by atomic mass is 16.5. The average molecular weight is 217 g/mol. The van der Waals surface area contributed by atoms with Gasteiger partial charge in [-0.1, -0.05) is 6.92 Å². The molecule has 0 spiro atoms. The van der Waals surface area contributed by atoms with E-state index in [1.165, 1.54) is 0 Å². The Morgan fingerprint density at radius 2 is 2.13 bits per heavy atom. The molecule has 15 heavy (non-hydrogen) atoms. The fourth-order valence-corrected chi connectivity index (χ4v) is 1.68. The third kappa shape index (κ3) is 3.72. The summed E-state index contributed by atoms with van der Waals surface area (Å²) < 4.78 is 5.32. The Kier molecular flexibility index (Phi) is 4.99. The average Bonchev–Trinajstić information content (AvgIpc) is 2.79. The second-order valence-corrected chi connectivity index (χ2v) is 4.92. The first-order valence-electron chi connectivity index (χ1n) is 5.64. The predicted octanol–water partition coefficient (Wildman–Crippen LogP) is -0.00810. The Balaban J connectivity index is 2.28. The molecule has 1 heterocycles. The second kappa shape index (κ2) is 5.80. The quantitative estimate of drug-likeness (QED) is 0.586. The Morgan fingerprint density at radius 1 is 1.47 bits per heavy atom. The maximum atomic E-state index is 9.14.